The number of aliphatic imine (C=N–C) groups is 1. The van der Waals surface area contributed by atoms with E-state index in [2.05, 4.69) is 21.8 Å². The van der Waals surface area contributed by atoms with Gasteiger partial charge in [-0.3, -0.25) is 4.99 Å². The van der Waals surface area contributed by atoms with Crippen LogP contribution in [0.4, 0.5) is 4.39 Å². The quantitative estimate of drug-likeness (QED) is 0.597. The first-order chi connectivity index (χ1) is 11.6. The van der Waals surface area contributed by atoms with Crippen LogP contribution < -0.4 is 5.32 Å². The van der Waals surface area contributed by atoms with Crippen molar-refractivity contribution in [3.63, 3.8) is 0 Å². The van der Waals surface area contributed by atoms with Crippen molar-refractivity contribution in [1.82, 2.24) is 10.2 Å². The van der Waals surface area contributed by atoms with Gasteiger partial charge in [0.05, 0.1) is 6.54 Å². The predicted molar refractivity (Wildman–Crippen MR) is 98.0 cm³/mol. The molecule has 2 aromatic rings. The SMILES string of the molecule is CCNC(=NCC(O)c1ccccc1F)N(C)CCc1cccs1. The molecule has 0 aliphatic heterocycles. The Morgan fingerprint density at radius 1 is 1.33 bits per heavy atom. The van der Waals surface area contributed by atoms with Crippen LogP contribution in [-0.4, -0.2) is 42.6 Å². The van der Waals surface area contributed by atoms with Gasteiger partial charge >= 0.3 is 0 Å². The largest absolute Gasteiger partial charge is 0.386 e. The minimum atomic E-state index is -0.953. The van der Waals surface area contributed by atoms with Crippen LogP contribution in [0.5, 0.6) is 0 Å². The number of benzene rings is 1. The zero-order valence-corrected chi connectivity index (χ0v) is 14.9. The zero-order chi connectivity index (χ0) is 17.4. The average Bonchev–Trinajstić information content (AvgIpc) is 3.10. The van der Waals surface area contributed by atoms with Gasteiger partial charge < -0.3 is 15.3 Å². The van der Waals surface area contributed by atoms with E-state index < -0.39 is 11.9 Å². The molecule has 24 heavy (non-hydrogen) atoms. The highest BCUT2D eigenvalue weighted by molar-refractivity contribution is 7.09. The molecule has 0 aliphatic carbocycles. The third-order valence-corrected chi connectivity index (χ3v) is 4.58. The number of halogens is 1. The molecule has 0 aliphatic rings. The Labute approximate surface area is 146 Å². The highest BCUT2D eigenvalue weighted by Gasteiger charge is 2.13. The second-order valence-corrected chi connectivity index (χ2v) is 6.52. The van der Waals surface area contributed by atoms with Crippen molar-refractivity contribution >= 4 is 17.3 Å². The van der Waals surface area contributed by atoms with Gasteiger partial charge in [-0.1, -0.05) is 24.3 Å². The summed E-state index contributed by atoms with van der Waals surface area (Å²) >= 11 is 1.74. The summed E-state index contributed by atoms with van der Waals surface area (Å²) in [5, 5.41) is 15.5. The number of rotatable bonds is 7. The van der Waals surface area contributed by atoms with E-state index in [0.717, 1.165) is 19.5 Å². The van der Waals surface area contributed by atoms with Gasteiger partial charge in [-0.15, -0.1) is 11.3 Å². The van der Waals surface area contributed by atoms with Crippen molar-refractivity contribution in [3.05, 3.63) is 58.0 Å². The number of hydrogen-bond donors (Lipinski definition) is 2. The molecule has 0 radical (unpaired) electrons. The van der Waals surface area contributed by atoms with Crippen molar-refractivity contribution in [1.29, 1.82) is 0 Å². The lowest BCUT2D eigenvalue weighted by molar-refractivity contribution is 0.182. The Morgan fingerprint density at radius 2 is 2.12 bits per heavy atom. The molecule has 0 saturated carbocycles. The summed E-state index contributed by atoms with van der Waals surface area (Å²) in [5.41, 5.74) is 0.276. The van der Waals surface area contributed by atoms with Crippen LogP contribution in [0.15, 0.2) is 46.8 Å². The third kappa shape index (κ3) is 5.32. The zero-order valence-electron chi connectivity index (χ0n) is 14.1. The van der Waals surface area contributed by atoms with Crippen LogP contribution in [0, 0.1) is 5.82 Å². The number of nitrogens with one attached hydrogen (secondary N) is 1. The minimum Gasteiger partial charge on any atom is -0.386 e. The fourth-order valence-corrected chi connectivity index (χ4v) is 3.02. The molecule has 2 rings (SSSR count). The van der Waals surface area contributed by atoms with Gasteiger partial charge in [0.1, 0.15) is 11.9 Å². The fraction of sp³-hybridized carbons (Fsp3) is 0.389. The van der Waals surface area contributed by atoms with Crippen LogP contribution >= 0.6 is 11.3 Å². The number of aliphatic hydroxyl groups excluding tert-OH is 1. The van der Waals surface area contributed by atoms with E-state index in [-0.39, 0.29) is 12.1 Å². The van der Waals surface area contributed by atoms with Crippen LogP contribution in [0.3, 0.4) is 0 Å². The summed E-state index contributed by atoms with van der Waals surface area (Å²) < 4.78 is 13.7. The van der Waals surface area contributed by atoms with E-state index in [0.29, 0.717) is 5.96 Å². The van der Waals surface area contributed by atoms with Crippen LogP contribution in [0.1, 0.15) is 23.5 Å². The molecule has 4 nitrogen and oxygen atoms in total. The topological polar surface area (TPSA) is 47.9 Å². The van der Waals surface area contributed by atoms with Gasteiger partial charge in [-0.25, -0.2) is 4.39 Å². The summed E-state index contributed by atoms with van der Waals surface area (Å²) in [5.74, 6) is 0.306. The lowest BCUT2D eigenvalue weighted by atomic mass is 10.1. The Bertz CT molecular complexity index is 645. The number of guanidine groups is 1. The first-order valence-corrected chi connectivity index (χ1v) is 8.94. The molecule has 1 aromatic carbocycles. The molecular weight excluding hydrogens is 325 g/mol. The lowest BCUT2D eigenvalue weighted by Gasteiger charge is -2.22. The molecule has 0 amide bonds. The Morgan fingerprint density at radius 3 is 2.79 bits per heavy atom. The first-order valence-electron chi connectivity index (χ1n) is 8.06. The van der Waals surface area contributed by atoms with Gasteiger partial charge in [-0.05, 0) is 30.9 Å². The summed E-state index contributed by atoms with van der Waals surface area (Å²) in [6.07, 6.45) is -0.0143. The van der Waals surface area contributed by atoms with E-state index in [1.54, 1.807) is 29.5 Å². The monoisotopic (exact) mass is 349 g/mol. The van der Waals surface area contributed by atoms with Crippen LogP contribution in [0.25, 0.3) is 0 Å². The minimum absolute atomic E-state index is 0.118. The Balaban J connectivity index is 1.97. The summed E-state index contributed by atoms with van der Waals surface area (Å²) in [4.78, 5) is 7.80. The van der Waals surface area contributed by atoms with Crippen LogP contribution in [-0.2, 0) is 6.42 Å². The predicted octanol–water partition coefficient (Wildman–Crippen LogP) is 3.06. The van der Waals surface area contributed by atoms with Crippen molar-refractivity contribution in [3.8, 4) is 0 Å². The molecular formula is C18H24FN3OS. The summed E-state index contributed by atoms with van der Waals surface area (Å²) in [7, 11) is 1.96. The van der Waals surface area contributed by atoms with E-state index >= 15 is 0 Å². The smallest absolute Gasteiger partial charge is 0.193 e. The number of hydrogen-bond acceptors (Lipinski definition) is 3. The van der Waals surface area contributed by atoms with E-state index in [4.69, 9.17) is 0 Å². The maximum absolute atomic E-state index is 13.7. The van der Waals surface area contributed by atoms with E-state index in [1.807, 2.05) is 24.9 Å². The van der Waals surface area contributed by atoms with Gasteiger partial charge in [0.15, 0.2) is 5.96 Å². The van der Waals surface area contributed by atoms with Crippen LogP contribution in [0.2, 0.25) is 0 Å². The average molecular weight is 349 g/mol. The van der Waals surface area contributed by atoms with Gasteiger partial charge in [0.25, 0.3) is 0 Å². The molecule has 2 N–H and O–H groups in total. The molecule has 130 valence electrons. The third-order valence-electron chi connectivity index (χ3n) is 3.65. The van der Waals surface area contributed by atoms with E-state index in [9.17, 15) is 9.50 Å². The maximum Gasteiger partial charge on any atom is 0.193 e. The number of likely N-dealkylation sites (N-methyl/N-ethyl adjacent to an activating group) is 1. The number of thiophene rings is 1. The van der Waals surface area contributed by atoms with E-state index in [1.165, 1.54) is 10.9 Å². The lowest BCUT2D eigenvalue weighted by Crippen LogP contribution is -2.40. The molecule has 1 heterocycles. The molecule has 0 spiro atoms. The molecule has 0 fully saturated rings. The Hall–Kier alpha value is -1.92. The molecule has 1 unspecified atom stereocenters. The summed E-state index contributed by atoms with van der Waals surface area (Å²) in [6, 6.07) is 10.4. The molecule has 6 heteroatoms. The molecule has 1 aromatic heterocycles. The number of aliphatic hydroxyl groups is 1. The molecule has 1 atom stereocenters. The van der Waals surface area contributed by atoms with Gasteiger partial charge in [0, 0.05) is 30.6 Å². The Kier molecular flexibility index (Phi) is 7.21. The summed E-state index contributed by atoms with van der Waals surface area (Å²) in [6.45, 7) is 3.67. The highest BCUT2D eigenvalue weighted by Crippen LogP contribution is 2.17. The second kappa shape index (κ2) is 9.39. The van der Waals surface area contributed by atoms with Gasteiger partial charge in [-0.2, -0.15) is 0 Å². The first kappa shape index (κ1) is 18.4. The van der Waals surface area contributed by atoms with Crippen molar-refractivity contribution < 1.29 is 9.50 Å². The number of nitrogens with zero attached hydrogens (tertiary/aromatic N) is 2. The second-order valence-electron chi connectivity index (χ2n) is 5.48. The standard InChI is InChI=1S/C18H24FN3OS/c1-3-20-18(22(2)11-10-14-7-6-12-24-14)21-13-17(23)15-8-4-5-9-16(15)19/h4-9,12,17,23H,3,10-11,13H2,1-2H3,(H,20,21). The molecule has 0 saturated heterocycles. The van der Waals surface area contributed by atoms with Gasteiger partial charge in [0.2, 0.25) is 0 Å². The fourth-order valence-electron chi connectivity index (χ4n) is 2.32. The van der Waals surface area contributed by atoms with Crippen molar-refractivity contribution in [2.45, 2.75) is 19.4 Å². The normalized spacial score (nSPS) is 12.9. The van der Waals surface area contributed by atoms with Crippen molar-refractivity contribution in [2.24, 2.45) is 4.99 Å². The highest BCUT2D eigenvalue weighted by atomic mass is 32.1. The molecule has 0 bridgehead atoms. The van der Waals surface area contributed by atoms with Crippen molar-refractivity contribution in [2.75, 3.05) is 26.7 Å². The maximum atomic E-state index is 13.7.